The molecule has 0 radical (unpaired) electrons. The van der Waals surface area contributed by atoms with Crippen LogP contribution in [0.4, 0.5) is 0 Å². The Kier molecular flexibility index (Phi) is 15.4. The third-order valence-corrected chi connectivity index (χ3v) is 8.85. The van der Waals surface area contributed by atoms with Crippen LogP contribution >= 0.6 is 0 Å². The molecule has 2 aromatic carbocycles. The quantitative estimate of drug-likeness (QED) is 0.165. The molecule has 0 bridgehead atoms. The minimum absolute atomic E-state index is 0.407. The predicted molar refractivity (Wildman–Crippen MR) is 167 cm³/mol. The highest BCUT2D eigenvalue weighted by atomic mass is 16.3. The van der Waals surface area contributed by atoms with Crippen LogP contribution in [0.3, 0.4) is 0 Å². The maximum Gasteiger partial charge on any atom is 0.0923 e. The van der Waals surface area contributed by atoms with Gasteiger partial charge in [0.25, 0.3) is 0 Å². The molecule has 1 N–H and O–H groups in total. The highest BCUT2D eigenvalue weighted by Gasteiger charge is 2.20. The summed E-state index contributed by atoms with van der Waals surface area (Å²) < 4.78 is 0. The second kappa shape index (κ2) is 18.8. The molecule has 0 fully saturated rings. The lowest BCUT2D eigenvalue weighted by Gasteiger charge is -2.27. The Hall–Kier alpha value is -1.38. The van der Waals surface area contributed by atoms with E-state index in [0.29, 0.717) is 0 Å². The zero-order chi connectivity index (χ0) is 26.8. The molecule has 0 spiro atoms. The van der Waals surface area contributed by atoms with Crippen molar-refractivity contribution < 1.29 is 5.11 Å². The van der Waals surface area contributed by atoms with Gasteiger partial charge in [0.05, 0.1) is 6.10 Å². The molecule has 1 unspecified atom stereocenters. The number of nitrogens with zero attached hydrogens (tertiary/aromatic N) is 1. The van der Waals surface area contributed by atoms with Crippen molar-refractivity contribution in [1.82, 2.24) is 4.90 Å². The standard InChI is InChI=1S/C36H59NO/c1-3-5-7-9-11-13-15-21-27-37(28-22-16-14-12-10-8-6-4-2)30-36(38)35-29-31-23-17-18-24-32(31)33-25-19-20-26-34(33)35/h19-20,25-26,29,36,38H,3-18,21-24,27-28,30H2,1-2H3. The van der Waals surface area contributed by atoms with Crippen LogP contribution in [0.5, 0.6) is 0 Å². The van der Waals surface area contributed by atoms with E-state index in [4.69, 9.17) is 0 Å². The van der Waals surface area contributed by atoms with Gasteiger partial charge in [-0.25, -0.2) is 0 Å². The lowest BCUT2D eigenvalue weighted by atomic mass is 9.84. The highest BCUT2D eigenvalue weighted by molar-refractivity contribution is 5.90. The lowest BCUT2D eigenvalue weighted by molar-refractivity contribution is 0.111. The van der Waals surface area contributed by atoms with Crippen molar-refractivity contribution >= 4 is 10.8 Å². The van der Waals surface area contributed by atoms with Crippen molar-refractivity contribution in [2.45, 2.75) is 148 Å². The largest absolute Gasteiger partial charge is 0.387 e. The van der Waals surface area contributed by atoms with Gasteiger partial charge in [-0.3, -0.25) is 0 Å². The Morgan fingerprint density at radius 1 is 0.658 bits per heavy atom. The maximum absolute atomic E-state index is 11.6. The molecule has 0 heterocycles. The van der Waals surface area contributed by atoms with Crippen LogP contribution < -0.4 is 0 Å². The number of unbranched alkanes of at least 4 members (excludes halogenated alkanes) is 14. The molecule has 0 amide bonds. The van der Waals surface area contributed by atoms with E-state index in [1.54, 1.807) is 0 Å². The van der Waals surface area contributed by atoms with E-state index >= 15 is 0 Å². The minimum atomic E-state index is -0.407. The van der Waals surface area contributed by atoms with Gasteiger partial charge in [-0.1, -0.05) is 134 Å². The Morgan fingerprint density at radius 3 is 1.74 bits per heavy atom. The number of fused-ring (bicyclic) bond motifs is 3. The van der Waals surface area contributed by atoms with Crippen LogP contribution in [0.15, 0.2) is 30.3 Å². The van der Waals surface area contributed by atoms with Crippen LogP contribution in [0.25, 0.3) is 10.8 Å². The molecule has 38 heavy (non-hydrogen) atoms. The summed E-state index contributed by atoms with van der Waals surface area (Å²) in [6.45, 7) is 7.62. The van der Waals surface area contributed by atoms with Crippen LogP contribution in [0.1, 0.15) is 152 Å². The molecular weight excluding hydrogens is 462 g/mol. The van der Waals surface area contributed by atoms with Gasteiger partial charge in [-0.05, 0) is 79.1 Å². The molecule has 0 aromatic heterocycles. The van der Waals surface area contributed by atoms with Gasteiger partial charge in [0.2, 0.25) is 0 Å². The fraction of sp³-hybridized carbons (Fsp3) is 0.722. The molecule has 214 valence electrons. The van der Waals surface area contributed by atoms with Gasteiger partial charge in [-0.15, -0.1) is 0 Å². The van der Waals surface area contributed by atoms with Gasteiger partial charge < -0.3 is 10.0 Å². The third-order valence-electron chi connectivity index (χ3n) is 8.85. The number of rotatable bonds is 21. The first-order valence-electron chi connectivity index (χ1n) is 16.7. The first-order chi connectivity index (χ1) is 18.7. The van der Waals surface area contributed by atoms with Crippen LogP contribution in [-0.4, -0.2) is 29.6 Å². The van der Waals surface area contributed by atoms with Crippen molar-refractivity contribution in [1.29, 1.82) is 0 Å². The fourth-order valence-electron chi connectivity index (χ4n) is 6.51. The topological polar surface area (TPSA) is 23.5 Å². The second-order valence-corrected chi connectivity index (χ2v) is 12.1. The first kappa shape index (κ1) is 31.2. The van der Waals surface area contributed by atoms with E-state index < -0.39 is 6.10 Å². The van der Waals surface area contributed by atoms with Crippen molar-refractivity contribution in [2.75, 3.05) is 19.6 Å². The van der Waals surface area contributed by atoms with E-state index in [9.17, 15) is 5.11 Å². The predicted octanol–water partition coefficient (Wildman–Crippen LogP) is 10.3. The van der Waals surface area contributed by atoms with Crippen LogP contribution in [0, 0.1) is 0 Å². The summed E-state index contributed by atoms with van der Waals surface area (Å²) in [4.78, 5) is 2.59. The smallest absolute Gasteiger partial charge is 0.0923 e. The summed E-state index contributed by atoms with van der Waals surface area (Å²) in [5.74, 6) is 0. The van der Waals surface area contributed by atoms with Crippen molar-refractivity contribution in [3.63, 3.8) is 0 Å². The maximum atomic E-state index is 11.6. The molecule has 2 aromatic rings. The average Bonchev–Trinajstić information content (AvgIpc) is 2.95. The summed E-state index contributed by atoms with van der Waals surface area (Å²) in [7, 11) is 0. The Labute approximate surface area is 235 Å². The van der Waals surface area contributed by atoms with Crippen molar-refractivity contribution in [2.24, 2.45) is 0 Å². The molecule has 1 aliphatic rings. The molecule has 0 aliphatic heterocycles. The first-order valence-corrected chi connectivity index (χ1v) is 16.7. The second-order valence-electron chi connectivity index (χ2n) is 12.1. The summed E-state index contributed by atoms with van der Waals surface area (Å²) >= 11 is 0. The minimum Gasteiger partial charge on any atom is -0.387 e. The van der Waals surface area contributed by atoms with Crippen LogP contribution in [-0.2, 0) is 12.8 Å². The normalized spacial score (nSPS) is 14.3. The molecule has 3 rings (SSSR count). The number of hydrogen-bond donors (Lipinski definition) is 1. The molecule has 0 saturated heterocycles. The van der Waals surface area contributed by atoms with Crippen molar-refractivity contribution in [3.8, 4) is 0 Å². The Morgan fingerprint density at radius 2 is 1.16 bits per heavy atom. The summed E-state index contributed by atoms with van der Waals surface area (Å²) in [5.41, 5.74) is 4.19. The molecule has 2 nitrogen and oxygen atoms in total. The van der Waals surface area contributed by atoms with Gasteiger partial charge >= 0.3 is 0 Å². The zero-order valence-electron chi connectivity index (χ0n) is 25.1. The van der Waals surface area contributed by atoms with Gasteiger partial charge in [-0.2, -0.15) is 0 Å². The lowest BCUT2D eigenvalue weighted by Crippen LogP contribution is -2.31. The average molecular weight is 522 g/mol. The number of aliphatic hydroxyl groups excluding tert-OH is 1. The van der Waals surface area contributed by atoms with E-state index in [1.165, 1.54) is 150 Å². The van der Waals surface area contributed by atoms with E-state index in [1.807, 2.05) is 0 Å². The van der Waals surface area contributed by atoms with E-state index in [-0.39, 0.29) is 0 Å². The van der Waals surface area contributed by atoms with E-state index in [2.05, 4.69) is 49.1 Å². The van der Waals surface area contributed by atoms with Crippen LogP contribution in [0.2, 0.25) is 0 Å². The van der Waals surface area contributed by atoms with Gasteiger partial charge in [0, 0.05) is 6.54 Å². The molecule has 2 heteroatoms. The summed E-state index contributed by atoms with van der Waals surface area (Å²) in [6.07, 6.45) is 26.3. The van der Waals surface area contributed by atoms with E-state index in [0.717, 1.165) is 25.2 Å². The number of aryl methyl sites for hydroxylation is 2. The molecule has 1 atom stereocenters. The number of benzene rings is 2. The zero-order valence-corrected chi connectivity index (χ0v) is 25.1. The Bertz CT molecular complexity index is 870. The molecule has 1 aliphatic carbocycles. The highest BCUT2D eigenvalue weighted by Crippen LogP contribution is 2.34. The SMILES string of the molecule is CCCCCCCCCCN(CCCCCCCCCC)CC(O)c1cc2c(c3ccccc13)CCCC2. The Balaban J connectivity index is 1.56. The summed E-state index contributed by atoms with van der Waals surface area (Å²) in [6, 6.07) is 11.2. The molecular formula is C36H59NO. The molecule has 0 saturated carbocycles. The summed E-state index contributed by atoms with van der Waals surface area (Å²) in [5, 5.41) is 14.3. The monoisotopic (exact) mass is 521 g/mol. The van der Waals surface area contributed by atoms with Gasteiger partial charge in [0.15, 0.2) is 0 Å². The third kappa shape index (κ3) is 10.6. The number of hydrogen-bond acceptors (Lipinski definition) is 2. The number of aliphatic hydroxyl groups is 1. The van der Waals surface area contributed by atoms with Gasteiger partial charge in [0.1, 0.15) is 0 Å². The van der Waals surface area contributed by atoms with Crippen molar-refractivity contribution in [3.05, 3.63) is 47.0 Å². The fourth-order valence-corrected chi connectivity index (χ4v) is 6.51.